The minimum Gasteiger partial charge on any atom is -0.396 e. The molecule has 0 spiro atoms. The Hall–Kier alpha value is -0.566. The molecular weight excluding hydrogens is 387 g/mol. The molecule has 0 aromatic heterocycles. The molecule has 1 aliphatic carbocycles. The maximum absolute atomic E-state index is 7.88. The fraction of sp³-hybridized carbons (Fsp3) is 0.333. The van der Waals surface area contributed by atoms with E-state index in [1.807, 2.05) is 6.92 Å². The van der Waals surface area contributed by atoms with Crippen molar-refractivity contribution in [1.29, 1.82) is 0 Å². The van der Waals surface area contributed by atoms with Gasteiger partial charge in [-0.05, 0) is 33.6 Å². The number of aliphatic hydroxyl groups excluding tert-OH is 1. The minimum atomic E-state index is 0. The summed E-state index contributed by atoms with van der Waals surface area (Å²) in [7, 11) is 0. The first-order chi connectivity index (χ1) is 10.6. The van der Waals surface area contributed by atoms with Crippen LogP contribution in [0.3, 0.4) is 0 Å². The number of aliphatic hydroxyl groups is 1. The van der Waals surface area contributed by atoms with Crippen LogP contribution in [0.25, 0.3) is 16.3 Å². The summed E-state index contributed by atoms with van der Waals surface area (Å²) in [6.45, 7) is 8.93. The molecule has 0 bridgehead atoms. The zero-order chi connectivity index (χ0) is 16.1. The van der Waals surface area contributed by atoms with E-state index < -0.39 is 0 Å². The van der Waals surface area contributed by atoms with E-state index >= 15 is 0 Å². The van der Waals surface area contributed by atoms with Crippen molar-refractivity contribution in [3.63, 3.8) is 0 Å². The Kier molecular flexibility index (Phi) is 13.6. The number of hydrogen-bond acceptors (Lipinski definition) is 1. The van der Waals surface area contributed by atoms with Crippen LogP contribution in [0.1, 0.15) is 46.1 Å². The first kappa shape index (κ1) is 26.7. The molecule has 0 aliphatic heterocycles. The van der Waals surface area contributed by atoms with E-state index in [-0.39, 0.29) is 46.5 Å². The van der Waals surface area contributed by atoms with Crippen LogP contribution in [0, 0.1) is 6.07 Å². The van der Waals surface area contributed by atoms with Gasteiger partial charge in [0.2, 0.25) is 0 Å². The number of hydrogen-bond donors (Lipinski definition) is 1. The van der Waals surface area contributed by atoms with Crippen molar-refractivity contribution in [2.24, 2.45) is 0 Å². The van der Waals surface area contributed by atoms with Gasteiger partial charge in [0.25, 0.3) is 0 Å². The van der Waals surface area contributed by atoms with Gasteiger partial charge in [0.05, 0.1) is 0 Å². The molecule has 1 aliphatic rings. The van der Waals surface area contributed by atoms with Crippen molar-refractivity contribution in [3.8, 4) is 0 Å². The third-order valence-corrected chi connectivity index (χ3v) is 4.31. The average molecular weight is 414 g/mol. The van der Waals surface area contributed by atoms with Gasteiger partial charge in [-0.25, -0.2) is 0 Å². The van der Waals surface area contributed by atoms with Crippen LogP contribution in [-0.2, 0) is 21.7 Å². The summed E-state index contributed by atoms with van der Waals surface area (Å²) in [5.41, 5.74) is 7.06. The molecule has 2 aromatic rings. The van der Waals surface area contributed by atoms with Crippen LogP contribution in [0.15, 0.2) is 53.1 Å². The molecule has 136 valence electrons. The summed E-state index contributed by atoms with van der Waals surface area (Å²) >= 11 is 0. The maximum atomic E-state index is 7.88. The second kappa shape index (κ2) is 12.7. The largest absolute Gasteiger partial charge is 0.396 e. The van der Waals surface area contributed by atoms with Gasteiger partial charge in [0.1, 0.15) is 0 Å². The third-order valence-electron chi connectivity index (χ3n) is 4.31. The summed E-state index contributed by atoms with van der Waals surface area (Å²) in [6.07, 6.45) is 1.95. The van der Waals surface area contributed by atoms with Gasteiger partial charge < -0.3 is 5.11 Å². The Bertz CT molecular complexity index is 734. The molecule has 4 heteroatoms. The molecule has 1 N–H and O–H groups in total. The minimum absolute atomic E-state index is 0. The molecule has 0 fully saturated rings. The summed E-state index contributed by atoms with van der Waals surface area (Å²) in [6, 6.07) is 16.4. The number of halogens is 2. The molecular formula is C21H27Cl2OTi-. The van der Waals surface area contributed by atoms with Crippen molar-refractivity contribution in [1.82, 2.24) is 0 Å². The first-order valence-electron chi connectivity index (χ1n) is 7.97. The fourth-order valence-electron chi connectivity index (χ4n) is 2.67. The SMILES string of the molecule is CC1=C(C)C(C)=C(c2[c-]c3ccccc3cc2)C1.CCCO.Cl.Cl.[Ti]. The van der Waals surface area contributed by atoms with Crippen LogP contribution in [0.5, 0.6) is 0 Å². The molecule has 0 atom stereocenters. The molecule has 1 nitrogen and oxygen atoms in total. The average Bonchev–Trinajstić information content (AvgIpc) is 2.82. The molecule has 2 aromatic carbocycles. The van der Waals surface area contributed by atoms with E-state index in [2.05, 4.69) is 63.2 Å². The summed E-state index contributed by atoms with van der Waals surface area (Å²) in [5.74, 6) is 0. The monoisotopic (exact) mass is 413 g/mol. The van der Waals surface area contributed by atoms with E-state index in [0.29, 0.717) is 6.61 Å². The van der Waals surface area contributed by atoms with Gasteiger partial charge in [-0.1, -0.05) is 52.8 Å². The Morgan fingerprint density at radius 1 is 0.960 bits per heavy atom. The standard InChI is InChI=1S/C18H17.C3H8O.2ClH.Ti/c1-12-10-18(14(3)13(12)2)17-9-8-15-6-4-5-7-16(15)11-17;1-2-3-4;;;/h4-9H,10H2,1-3H3;4H,2-3H2,1H3;2*1H;/q-1;;;;. The first-order valence-corrected chi connectivity index (χ1v) is 7.97. The second-order valence-electron chi connectivity index (χ2n) is 5.87. The van der Waals surface area contributed by atoms with Crippen molar-refractivity contribution in [2.45, 2.75) is 40.5 Å². The molecule has 25 heavy (non-hydrogen) atoms. The van der Waals surface area contributed by atoms with E-state index in [9.17, 15) is 0 Å². The smallest absolute Gasteiger partial charge is 0.0428 e. The van der Waals surface area contributed by atoms with Gasteiger partial charge in [-0.2, -0.15) is 0 Å². The zero-order valence-electron chi connectivity index (χ0n) is 15.3. The molecule has 3 rings (SSSR count). The predicted octanol–water partition coefficient (Wildman–Crippen LogP) is 6.38. The van der Waals surface area contributed by atoms with E-state index in [1.54, 1.807) is 0 Å². The summed E-state index contributed by atoms with van der Waals surface area (Å²) < 4.78 is 0. The molecule has 0 radical (unpaired) electrons. The number of benzene rings is 2. The Balaban J connectivity index is 0. The van der Waals surface area contributed by atoms with Crippen LogP contribution < -0.4 is 0 Å². The van der Waals surface area contributed by atoms with Crippen molar-refractivity contribution < 1.29 is 26.8 Å². The quantitative estimate of drug-likeness (QED) is 0.447. The van der Waals surface area contributed by atoms with Gasteiger partial charge in [-0.3, -0.25) is 0 Å². The van der Waals surface area contributed by atoms with E-state index in [4.69, 9.17) is 5.11 Å². The molecule has 0 amide bonds. The van der Waals surface area contributed by atoms with Crippen molar-refractivity contribution in [3.05, 3.63) is 64.7 Å². The number of rotatable bonds is 2. The number of allylic oxidation sites excluding steroid dienone is 4. The predicted molar refractivity (Wildman–Crippen MR) is 110 cm³/mol. The van der Waals surface area contributed by atoms with Crippen molar-refractivity contribution >= 4 is 41.2 Å². The Morgan fingerprint density at radius 2 is 1.56 bits per heavy atom. The van der Waals surface area contributed by atoms with Crippen LogP contribution in [0.2, 0.25) is 0 Å². The summed E-state index contributed by atoms with van der Waals surface area (Å²) in [5, 5.41) is 10.3. The molecule has 0 heterocycles. The summed E-state index contributed by atoms with van der Waals surface area (Å²) in [4.78, 5) is 0. The fourth-order valence-corrected chi connectivity index (χ4v) is 2.67. The normalized spacial score (nSPS) is 12.7. The molecule has 0 saturated heterocycles. The van der Waals surface area contributed by atoms with Gasteiger partial charge in [0, 0.05) is 28.3 Å². The van der Waals surface area contributed by atoms with Crippen LogP contribution in [-0.4, -0.2) is 11.7 Å². The Labute approximate surface area is 179 Å². The van der Waals surface area contributed by atoms with E-state index in [0.717, 1.165) is 12.8 Å². The van der Waals surface area contributed by atoms with E-state index in [1.165, 1.54) is 38.6 Å². The van der Waals surface area contributed by atoms with Gasteiger partial charge >= 0.3 is 0 Å². The number of fused-ring (bicyclic) bond motifs is 1. The topological polar surface area (TPSA) is 20.2 Å². The second-order valence-corrected chi connectivity index (χ2v) is 5.87. The zero-order valence-corrected chi connectivity index (χ0v) is 18.5. The molecule has 0 unspecified atom stereocenters. The van der Waals surface area contributed by atoms with Gasteiger partial charge in [-0.15, -0.1) is 60.0 Å². The van der Waals surface area contributed by atoms with Crippen molar-refractivity contribution in [2.75, 3.05) is 6.61 Å². The van der Waals surface area contributed by atoms with Gasteiger partial charge in [0.15, 0.2) is 0 Å². The van der Waals surface area contributed by atoms with Crippen LogP contribution >= 0.6 is 24.8 Å². The molecule has 0 saturated carbocycles. The Morgan fingerprint density at radius 3 is 2.08 bits per heavy atom. The third kappa shape index (κ3) is 6.59. The maximum Gasteiger partial charge on any atom is 0.0428 e. The van der Waals surface area contributed by atoms with Crippen LogP contribution in [0.4, 0.5) is 0 Å².